The van der Waals surface area contributed by atoms with Gasteiger partial charge in [-0.1, -0.05) is 30.3 Å². The molecule has 0 bridgehead atoms. The minimum Gasteiger partial charge on any atom is -0.350 e. The number of piperidine rings is 1. The lowest BCUT2D eigenvalue weighted by atomic mass is 10.1. The van der Waals surface area contributed by atoms with Gasteiger partial charge < -0.3 is 15.5 Å². The first kappa shape index (κ1) is 20.8. The van der Waals surface area contributed by atoms with Gasteiger partial charge in [-0.05, 0) is 60.1 Å². The van der Waals surface area contributed by atoms with E-state index in [1.54, 1.807) is 10.7 Å². The van der Waals surface area contributed by atoms with Crippen LogP contribution in [0, 0.1) is 0 Å². The monoisotopic (exact) mass is 492 g/mol. The molecule has 0 amide bonds. The van der Waals surface area contributed by atoms with Crippen LogP contribution in [0.15, 0.2) is 59.3 Å². The second kappa shape index (κ2) is 9.22. The van der Waals surface area contributed by atoms with Crippen molar-refractivity contribution in [1.29, 1.82) is 0 Å². The van der Waals surface area contributed by atoms with Crippen LogP contribution in [0.5, 0.6) is 0 Å². The molecule has 3 aromatic heterocycles. The highest BCUT2D eigenvalue weighted by molar-refractivity contribution is 9.10. The molecule has 1 saturated heterocycles. The Morgan fingerprint density at radius 2 is 2.00 bits per heavy atom. The Balaban J connectivity index is 1.34. The molecule has 0 radical (unpaired) electrons. The van der Waals surface area contributed by atoms with Crippen LogP contribution in [0.3, 0.4) is 0 Å². The fraction of sp³-hybridized carbons (Fsp3) is 0.304. The van der Waals surface area contributed by atoms with Crippen molar-refractivity contribution in [3.8, 4) is 11.3 Å². The van der Waals surface area contributed by atoms with Gasteiger partial charge in [-0.3, -0.25) is 4.98 Å². The predicted molar refractivity (Wildman–Crippen MR) is 130 cm³/mol. The molecule has 1 aliphatic heterocycles. The number of rotatable bonds is 6. The van der Waals surface area contributed by atoms with E-state index in [9.17, 15) is 0 Å². The molecule has 0 spiro atoms. The standard InChI is InChI=1S/C23H25BrN8/c1-31-12-4-5-18(15-31)28-22-29-21-19(24)14-27-32(21)23(30-22)26-13-16-7-9-17(10-8-16)20-6-2-3-11-25-20/h2-3,6-11,14,18H,4-5,12-13,15H2,1H3,(H2,26,28,29,30). The summed E-state index contributed by atoms with van der Waals surface area (Å²) in [5.74, 6) is 1.27. The lowest BCUT2D eigenvalue weighted by Gasteiger charge is -2.30. The summed E-state index contributed by atoms with van der Waals surface area (Å²) in [6.45, 7) is 2.75. The molecule has 5 rings (SSSR count). The van der Waals surface area contributed by atoms with Crippen LogP contribution in [-0.2, 0) is 6.54 Å². The second-order valence-corrected chi connectivity index (χ2v) is 8.96. The summed E-state index contributed by atoms with van der Waals surface area (Å²) in [5, 5.41) is 11.4. The van der Waals surface area contributed by atoms with Gasteiger partial charge in [-0.25, -0.2) is 0 Å². The number of likely N-dealkylation sites (N-methyl/N-ethyl adjacent to an activating group) is 1. The molecule has 2 N–H and O–H groups in total. The van der Waals surface area contributed by atoms with E-state index in [1.807, 2.05) is 24.4 Å². The van der Waals surface area contributed by atoms with Crippen molar-refractivity contribution in [2.45, 2.75) is 25.4 Å². The number of aromatic nitrogens is 5. The summed E-state index contributed by atoms with van der Waals surface area (Å²) in [7, 11) is 2.15. The number of fused-ring (bicyclic) bond motifs is 1. The highest BCUT2D eigenvalue weighted by Gasteiger charge is 2.19. The number of nitrogens with one attached hydrogen (secondary N) is 2. The summed E-state index contributed by atoms with van der Waals surface area (Å²) < 4.78 is 2.57. The number of pyridine rings is 1. The first-order valence-corrected chi connectivity index (χ1v) is 11.6. The van der Waals surface area contributed by atoms with Crippen molar-refractivity contribution in [2.75, 3.05) is 30.8 Å². The topological polar surface area (TPSA) is 83.3 Å². The SMILES string of the molecule is CN1CCCC(Nc2nc(NCc3ccc(-c4ccccn4)cc3)n3ncc(Br)c3n2)C1. The number of likely N-dealkylation sites (tertiary alicyclic amines) is 1. The van der Waals surface area contributed by atoms with Gasteiger partial charge in [0.25, 0.3) is 0 Å². The van der Waals surface area contributed by atoms with E-state index in [0.717, 1.165) is 46.5 Å². The average molecular weight is 493 g/mol. The Hall–Kier alpha value is -3.04. The number of hydrogen-bond acceptors (Lipinski definition) is 7. The molecule has 1 atom stereocenters. The average Bonchev–Trinajstić information content (AvgIpc) is 3.19. The van der Waals surface area contributed by atoms with Gasteiger partial charge in [0, 0.05) is 30.9 Å². The number of halogens is 1. The third-order valence-electron chi connectivity index (χ3n) is 5.65. The van der Waals surface area contributed by atoms with Crippen molar-refractivity contribution in [2.24, 2.45) is 0 Å². The zero-order valence-electron chi connectivity index (χ0n) is 17.9. The van der Waals surface area contributed by atoms with Crippen LogP contribution in [0.1, 0.15) is 18.4 Å². The molecule has 164 valence electrons. The van der Waals surface area contributed by atoms with Crippen LogP contribution >= 0.6 is 15.9 Å². The van der Waals surface area contributed by atoms with E-state index in [0.29, 0.717) is 24.5 Å². The van der Waals surface area contributed by atoms with Crippen molar-refractivity contribution >= 4 is 33.5 Å². The molecule has 0 aliphatic carbocycles. The van der Waals surface area contributed by atoms with Gasteiger partial charge in [0.1, 0.15) is 0 Å². The molecular weight excluding hydrogens is 468 g/mol. The van der Waals surface area contributed by atoms with Crippen LogP contribution in [0.4, 0.5) is 11.9 Å². The fourth-order valence-electron chi connectivity index (χ4n) is 4.00. The summed E-state index contributed by atoms with van der Waals surface area (Å²) in [6, 6.07) is 14.7. The zero-order chi connectivity index (χ0) is 21.9. The molecule has 32 heavy (non-hydrogen) atoms. The Morgan fingerprint density at radius 1 is 1.12 bits per heavy atom. The molecule has 1 aliphatic rings. The number of anilines is 2. The van der Waals surface area contributed by atoms with Gasteiger partial charge >= 0.3 is 0 Å². The zero-order valence-corrected chi connectivity index (χ0v) is 19.5. The smallest absolute Gasteiger partial charge is 0.229 e. The maximum absolute atomic E-state index is 4.73. The Kier molecular flexibility index (Phi) is 6.00. The minimum absolute atomic E-state index is 0.338. The van der Waals surface area contributed by atoms with Crippen molar-refractivity contribution in [3.63, 3.8) is 0 Å². The molecule has 1 aromatic carbocycles. The minimum atomic E-state index is 0.338. The third kappa shape index (κ3) is 4.58. The normalized spacial score (nSPS) is 16.9. The van der Waals surface area contributed by atoms with Crippen LogP contribution in [0.25, 0.3) is 16.9 Å². The lowest BCUT2D eigenvalue weighted by molar-refractivity contribution is 0.260. The largest absolute Gasteiger partial charge is 0.350 e. The molecule has 0 saturated carbocycles. The van der Waals surface area contributed by atoms with E-state index in [-0.39, 0.29) is 0 Å². The molecule has 4 heterocycles. The Bertz CT molecular complexity index is 1190. The maximum Gasteiger partial charge on any atom is 0.229 e. The van der Waals surface area contributed by atoms with E-state index in [4.69, 9.17) is 4.98 Å². The number of benzene rings is 1. The highest BCUT2D eigenvalue weighted by Crippen LogP contribution is 2.22. The van der Waals surface area contributed by atoms with Gasteiger partial charge in [-0.2, -0.15) is 19.6 Å². The van der Waals surface area contributed by atoms with Gasteiger partial charge in [-0.15, -0.1) is 0 Å². The van der Waals surface area contributed by atoms with E-state index in [1.165, 1.54) is 6.42 Å². The maximum atomic E-state index is 4.73. The van der Waals surface area contributed by atoms with Crippen LogP contribution in [0.2, 0.25) is 0 Å². The van der Waals surface area contributed by atoms with Crippen molar-refractivity contribution in [1.82, 2.24) is 29.5 Å². The van der Waals surface area contributed by atoms with Gasteiger partial charge in [0.05, 0.1) is 16.4 Å². The van der Waals surface area contributed by atoms with E-state index in [2.05, 4.69) is 77.8 Å². The predicted octanol–water partition coefficient (Wildman–Crippen LogP) is 4.07. The van der Waals surface area contributed by atoms with E-state index >= 15 is 0 Å². The highest BCUT2D eigenvalue weighted by atomic mass is 79.9. The molecule has 1 unspecified atom stereocenters. The molecule has 1 fully saturated rings. The van der Waals surface area contributed by atoms with Gasteiger partial charge in [0.15, 0.2) is 5.65 Å². The summed E-state index contributed by atoms with van der Waals surface area (Å²) in [5.41, 5.74) is 3.94. The quantitative estimate of drug-likeness (QED) is 0.419. The second-order valence-electron chi connectivity index (χ2n) is 8.11. The molecular formula is C23H25BrN8. The molecule has 9 heteroatoms. The van der Waals surface area contributed by atoms with Crippen molar-refractivity contribution in [3.05, 3.63) is 64.9 Å². The summed E-state index contributed by atoms with van der Waals surface area (Å²) in [4.78, 5) is 16.2. The Morgan fingerprint density at radius 3 is 2.78 bits per heavy atom. The molecule has 8 nitrogen and oxygen atoms in total. The van der Waals surface area contributed by atoms with E-state index < -0.39 is 0 Å². The Labute approximate surface area is 195 Å². The lowest BCUT2D eigenvalue weighted by Crippen LogP contribution is -2.40. The van der Waals surface area contributed by atoms with Crippen LogP contribution < -0.4 is 10.6 Å². The number of hydrogen-bond donors (Lipinski definition) is 2. The number of nitrogens with zero attached hydrogens (tertiary/aromatic N) is 6. The fourth-order valence-corrected chi connectivity index (χ4v) is 4.35. The first-order valence-electron chi connectivity index (χ1n) is 10.8. The molecule has 4 aromatic rings. The van der Waals surface area contributed by atoms with Crippen molar-refractivity contribution < 1.29 is 0 Å². The summed E-state index contributed by atoms with van der Waals surface area (Å²) >= 11 is 3.55. The third-order valence-corrected chi connectivity index (χ3v) is 6.21. The summed E-state index contributed by atoms with van der Waals surface area (Å²) in [6.07, 6.45) is 5.84. The first-order chi connectivity index (χ1) is 15.7. The van der Waals surface area contributed by atoms with Crippen LogP contribution in [-0.4, -0.2) is 55.6 Å². The van der Waals surface area contributed by atoms with Gasteiger partial charge in [0.2, 0.25) is 11.9 Å².